The number of nitrogens with one attached hydrogen (secondary N) is 2. The van der Waals surface area contributed by atoms with Crippen molar-refractivity contribution < 1.29 is 37.1 Å². The van der Waals surface area contributed by atoms with Crippen LogP contribution < -0.4 is 10.6 Å². The molecule has 0 radical (unpaired) electrons. The van der Waals surface area contributed by atoms with Crippen molar-refractivity contribution in [1.82, 2.24) is 10.6 Å². The number of amides is 2. The van der Waals surface area contributed by atoms with E-state index < -0.39 is 45.7 Å². The fraction of sp³-hybridized carbons (Fsp3) is 0.333. The third kappa shape index (κ3) is 7.98. The summed E-state index contributed by atoms with van der Waals surface area (Å²) < 4.78 is 35.5. The maximum absolute atomic E-state index is 13.0. The minimum absolute atomic E-state index is 0.0550. The average molecular weight is 569 g/mol. The highest BCUT2D eigenvalue weighted by molar-refractivity contribution is 7.98. The Hall–Kier alpha value is -3.03. The molecule has 2 aromatic rings. The van der Waals surface area contributed by atoms with Gasteiger partial charge in [0.05, 0.1) is 24.0 Å². The Bertz CT molecular complexity index is 1130. The first-order chi connectivity index (χ1) is 17.6. The number of carbonyl (C=O) groups is 4. The second-order valence-electron chi connectivity index (χ2n) is 7.56. The number of methoxy groups -OCH3 is 2. The number of benzene rings is 2. The molecule has 2 atom stereocenters. The van der Waals surface area contributed by atoms with Crippen LogP contribution in [0.15, 0.2) is 58.3 Å². The molecule has 0 aliphatic heterocycles. The van der Waals surface area contributed by atoms with Crippen LogP contribution in [0.4, 0.5) is 0 Å². The van der Waals surface area contributed by atoms with Crippen molar-refractivity contribution in [2.24, 2.45) is 0 Å². The van der Waals surface area contributed by atoms with Gasteiger partial charge >= 0.3 is 11.9 Å². The van der Waals surface area contributed by atoms with Crippen molar-refractivity contribution in [2.45, 2.75) is 21.9 Å². The van der Waals surface area contributed by atoms with Gasteiger partial charge in [0.2, 0.25) is 9.84 Å². The fourth-order valence-electron chi connectivity index (χ4n) is 3.15. The van der Waals surface area contributed by atoms with Gasteiger partial charge in [-0.2, -0.15) is 23.5 Å². The molecule has 0 saturated heterocycles. The van der Waals surface area contributed by atoms with Crippen molar-refractivity contribution in [3.05, 3.63) is 59.7 Å². The highest BCUT2D eigenvalue weighted by atomic mass is 32.2. The van der Waals surface area contributed by atoms with E-state index >= 15 is 0 Å². The van der Waals surface area contributed by atoms with Crippen molar-refractivity contribution in [3.8, 4) is 0 Å². The van der Waals surface area contributed by atoms with Crippen LogP contribution in [0.3, 0.4) is 0 Å². The maximum atomic E-state index is 13.0. The molecule has 0 aromatic heterocycles. The summed E-state index contributed by atoms with van der Waals surface area (Å²) in [6.45, 7) is 0. The van der Waals surface area contributed by atoms with Gasteiger partial charge in [-0.1, -0.05) is 0 Å². The van der Waals surface area contributed by atoms with E-state index in [1.165, 1.54) is 86.3 Å². The molecular weight excluding hydrogens is 540 g/mol. The van der Waals surface area contributed by atoms with E-state index in [2.05, 4.69) is 20.1 Å². The summed E-state index contributed by atoms with van der Waals surface area (Å²) in [5, 5.41) is 5.14. The summed E-state index contributed by atoms with van der Waals surface area (Å²) in [5.74, 6) is -1.61. The molecular formula is C24H28N2O8S3. The van der Waals surface area contributed by atoms with Crippen molar-refractivity contribution in [1.29, 1.82) is 0 Å². The minimum Gasteiger partial charge on any atom is -0.467 e. The molecule has 0 heterocycles. The molecule has 2 N–H and O–H groups in total. The highest BCUT2D eigenvalue weighted by Crippen LogP contribution is 2.22. The summed E-state index contributed by atoms with van der Waals surface area (Å²) in [7, 11) is -1.49. The monoisotopic (exact) mass is 568 g/mol. The zero-order valence-corrected chi connectivity index (χ0v) is 23.1. The van der Waals surface area contributed by atoms with Crippen LogP contribution in [0.25, 0.3) is 0 Å². The Balaban J connectivity index is 2.16. The lowest BCUT2D eigenvalue weighted by Gasteiger charge is -2.16. The van der Waals surface area contributed by atoms with Gasteiger partial charge in [-0.3, -0.25) is 9.59 Å². The van der Waals surface area contributed by atoms with Crippen LogP contribution in [0.1, 0.15) is 20.7 Å². The van der Waals surface area contributed by atoms with E-state index in [0.29, 0.717) is 11.5 Å². The average Bonchev–Trinajstić information content (AvgIpc) is 2.91. The largest absolute Gasteiger partial charge is 0.467 e. The number of hydrogen-bond donors (Lipinski definition) is 2. The number of ether oxygens (including phenoxy) is 2. The van der Waals surface area contributed by atoms with Crippen molar-refractivity contribution >= 4 is 57.1 Å². The molecule has 13 heteroatoms. The number of thioether (sulfide) groups is 2. The molecule has 0 aliphatic carbocycles. The zero-order valence-electron chi connectivity index (χ0n) is 20.7. The molecule has 0 fully saturated rings. The lowest BCUT2D eigenvalue weighted by Crippen LogP contribution is -2.43. The first-order valence-corrected chi connectivity index (χ1v) is 15.1. The second-order valence-corrected chi connectivity index (χ2v) is 11.3. The van der Waals surface area contributed by atoms with E-state index in [-0.39, 0.29) is 20.9 Å². The van der Waals surface area contributed by atoms with E-state index in [0.717, 1.165) is 0 Å². The number of rotatable bonds is 12. The Labute approximate surface area is 224 Å². The first kappa shape index (κ1) is 30.2. The maximum Gasteiger partial charge on any atom is 0.329 e. The number of esters is 2. The van der Waals surface area contributed by atoms with Crippen LogP contribution in [0.5, 0.6) is 0 Å². The number of hydrogen-bond acceptors (Lipinski definition) is 10. The van der Waals surface area contributed by atoms with E-state index in [1.807, 2.05) is 0 Å². The van der Waals surface area contributed by atoms with Crippen molar-refractivity contribution in [2.75, 3.05) is 38.2 Å². The summed E-state index contributed by atoms with van der Waals surface area (Å²) in [5.41, 5.74) is 0.345. The molecule has 0 saturated carbocycles. The predicted molar refractivity (Wildman–Crippen MR) is 142 cm³/mol. The number of carbonyl (C=O) groups excluding carboxylic acids is 4. The van der Waals surface area contributed by atoms with Gasteiger partial charge in [0.25, 0.3) is 11.8 Å². The minimum atomic E-state index is -3.94. The SMILES string of the molecule is COC(=O)C(CSC)NC(=O)c1ccc(S(=O)(=O)c2ccc(C(=O)NC(CSC)C(=O)OC)cc2)cc1. The highest BCUT2D eigenvalue weighted by Gasteiger charge is 2.24. The van der Waals surface area contributed by atoms with E-state index in [1.54, 1.807) is 12.5 Å². The summed E-state index contributed by atoms with van der Waals surface area (Å²) in [6, 6.07) is 8.85. The Kier molecular flexibility index (Phi) is 11.5. The standard InChI is InChI=1S/C24H28N2O8S3/c1-33-23(29)19(13-35-3)25-21(27)15-5-9-17(10-6-15)37(31,32)18-11-7-16(8-12-18)22(28)26-20(14-36-4)24(30)34-2/h5-12,19-20H,13-14H2,1-4H3,(H,25,27)(H,26,28). The number of sulfone groups is 1. The molecule has 0 bridgehead atoms. The molecule has 37 heavy (non-hydrogen) atoms. The molecule has 0 aliphatic rings. The molecule has 2 rings (SSSR count). The summed E-state index contributed by atoms with van der Waals surface area (Å²) in [4.78, 5) is 48.6. The molecule has 2 amide bonds. The molecule has 10 nitrogen and oxygen atoms in total. The van der Waals surface area contributed by atoms with E-state index in [4.69, 9.17) is 0 Å². The lowest BCUT2D eigenvalue weighted by atomic mass is 10.2. The lowest BCUT2D eigenvalue weighted by molar-refractivity contribution is -0.143. The van der Waals surface area contributed by atoms with E-state index in [9.17, 15) is 27.6 Å². The molecule has 200 valence electrons. The van der Waals surface area contributed by atoms with Gasteiger partial charge in [0.15, 0.2) is 0 Å². The smallest absolute Gasteiger partial charge is 0.329 e. The third-order valence-corrected chi connectivity index (χ3v) is 8.22. The topological polar surface area (TPSA) is 145 Å². The summed E-state index contributed by atoms with van der Waals surface area (Å²) >= 11 is 2.72. The molecule has 2 aromatic carbocycles. The van der Waals surface area contributed by atoms with Crippen LogP contribution in [0.2, 0.25) is 0 Å². The van der Waals surface area contributed by atoms with Gasteiger partial charge in [-0.05, 0) is 61.0 Å². The Morgan fingerprint density at radius 3 is 1.30 bits per heavy atom. The van der Waals surface area contributed by atoms with Gasteiger partial charge in [0.1, 0.15) is 12.1 Å². The van der Waals surface area contributed by atoms with Gasteiger partial charge < -0.3 is 20.1 Å². The quantitative estimate of drug-likeness (QED) is 0.364. The van der Waals surface area contributed by atoms with Crippen LogP contribution in [-0.4, -0.2) is 82.5 Å². The Morgan fingerprint density at radius 1 is 0.703 bits per heavy atom. The molecule has 0 spiro atoms. The first-order valence-electron chi connectivity index (χ1n) is 10.8. The van der Waals surface area contributed by atoms with Gasteiger partial charge in [-0.15, -0.1) is 0 Å². The fourth-order valence-corrected chi connectivity index (χ4v) is 5.51. The predicted octanol–water partition coefficient (Wildman–Crippen LogP) is 1.79. The van der Waals surface area contributed by atoms with Crippen molar-refractivity contribution in [3.63, 3.8) is 0 Å². The van der Waals surface area contributed by atoms with Gasteiger partial charge in [0, 0.05) is 22.6 Å². The normalized spacial score (nSPS) is 12.6. The van der Waals surface area contributed by atoms with Crippen LogP contribution >= 0.6 is 23.5 Å². The second kappa shape index (κ2) is 14.1. The Morgan fingerprint density at radius 2 is 1.03 bits per heavy atom. The zero-order chi connectivity index (χ0) is 27.6. The van der Waals surface area contributed by atoms with Crippen LogP contribution in [-0.2, 0) is 28.9 Å². The third-order valence-electron chi connectivity index (χ3n) is 5.10. The van der Waals surface area contributed by atoms with Crippen LogP contribution in [0, 0.1) is 0 Å². The van der Waals surface area contributed by atoms with Gasteiger partial charge in [-0.25, -0.2) is 18.0 Å². The summed E-state index contributed by atoms with van der Waals surface area (Å²) in [6.07, 6.45) is 3.57. The molecule has 2 unspecified atom stereocenters.